The monoisotopic (exact) mass is 247 g/mol. The van der Waals surface area contributed by atoms with Crippen molar-refractivity contribution >= 4 is 0 Å². The molecule has 0 heterocycles. The molecule has 0 aliphatic heterocycles. The maximum Gasteiger partial charge on any atom is 0.0375 e. The molecule has 0 amide bonds. The molecule has 0 rings (SSSR count). The summed E-state index contributed by atoms with van der Waals surface area (Å²) in [5.41, 5.74) is 3.37. The van der Waals surface area contributed by atoms with Crippen LogP contribution in [0, 0.1) is 0 Å². The molecule has 18 heavy (non-hydrogen) atoms. The van der Waals surface area contributed by atoms with Gasteiger partial charge >= 0.3 is 0 Å². The van der Waals surface area contributed by atoms with Gasteiger partial charge in [-0.15, -0.1) is 0 Å². The van der Waals surface area contributed by atoms with Crippen molar-refractivity contribution in [1.82, 2.24) is 5.32 Å². The molecule has 1 nitrogen and oxygen atoms in total. The van der Waals surface area contributed by atoms with Crippen LogP contribution >= 0.6 is 0 Å². The summed E-state index contributed by atoms with van der Waals surface area (Å²) in [5, 5.41) is 3.17. The Bertz CT molecular complexity index is 308. The fourth-order valence-corrected chi connectivity index (χ4v) is 1.73. The number of unbranched alkanes of at least 4 members (excludes halogenated alkanes) is 4. The van der Waals surface area contributed by atoms with Gasteiger partial charge < -0.3 is 5.32 Å². The highest BCUT2D eigenvalue weighted by Crippen LogP contribution is 2.11. The molecule has 0 bridgehead atoms. The molecule has 1 heteroatoms. The topological polar surface area (TPSA) is 12.0 Å². The molecular weight excluding hydrogens is 218 g/mol. The van der Waals surface area contributed by atoms with Crippen LogP contribution in [0.5, 0.6) is 0 Å². The molecule has 102 valence electrons. The van der Waals surface area contributed by atoms with Gasteiger partial charge in [0.25, 0.3) is 0 Å². The van der Waals surface area contributed by atoms with E-state index in [9.17, 15) is 0 Å². The maximum atomic E-state index is 3.83. The van der Waals surface area contributed by atoms with E-state index in [0.717, 1.165) is 11.4 Å². The summed E-state index contributed by atoms with van der Waals surface area (Å²) in [6, 6.07) is 0. The van der Waals surface area contributed by atoms with Crippen LogP contribution in [0.3, 0.4) is 0 Å². The Balaban J connectivity index is 4.03. The minimum atomic E-state index is 0.937. The number of rotatable bonds is 10. The van der Waals surface area contributed by atoms with Gasteiger partial charge in [0.1, 0.15) is 0 Å². The first-order valence-corrected chi connectivity index (χ1v) is 7.02. The Labute approximate surface area is 113 Å². The Hall–Kier alpha value is -1.24. The largest absolute Gasteiger partial charge is 0.360 e. The standard InChI is InChI=1S/C17H29N/c1-6-8-9-10-11-12-16(5)13-14-17(7-2)18-15(3)4/h7,13-14,18H,2-3,6,8-12H2,1,4-5H3/b16-13+,17-14+. The smallest absolute Gasteiger partial charge is 0.0375 e. The Morgan fingerprint density at radius 3 is 2.28 bits per heavy atom. The molecule has 0 aliphatic carbocycles. The van der Waals surface area contributed by atoms with Crippen molar-refractivity contribution in [3.05, 3.63) is 48.4 Å². The molecule has 0 aromatic rings. The lowest BCUT2D eigenvalue weighted by atomic mass is 10.1. The van der Waals surface area contributed by atoms with Crippen LogP contribution in [-0.2, 0) is 0 Å². The number of hydrogen-bond acceptors (Lipinski definition) is 1. The third-order valence-electron chi connectivity index (χ3n) is 2.80. The van der Waals surface area contributed by atoms with Crippen molar-refractivity contribution in [2.75, 3.05) is 0 Å². The highest BCUT2D eigenvalue weighted by Gasteiger charge is 1.92. The van der Waals surface area contributed by atoms with Crippen molar-refractivity contribution < 1.29 is 0 Å². The second kappa shape index (κ2) is 10.9. The fraction of sp³-hybridized carbons (Fsp3) is 0.529. The van der Waals surface area contributed by atoms with E-state index in [2.05, 4.69) is 44.5 Å². The predicted molar refractivity (Wildman–Crippen MR) is 83.4 cm³/mol. The minimum absolute atomic E-state index is 0.937. The first-order valence-electron chi connectivity index (χ1n) is 7.02. The highest BCUT2D eigenvalue weighted by atomic mass is 14.9. The average molecular weight is 247 g/mol. The third kappa shape index (κ3) is 9.95. The van der Waals surface area contributed by atoms with Gasteiger partial charge in [-0.05, 0) is 38.8 Å². The van der Waals surface area contributed by atoms with Crippen LogP contribution in [0.15, 0.2) is 48.4 Å². The molecule has 0 spiro atoms. The second-order valence-corrected chi connectivity index (χ2v) is 4.91. The molecule has 0 atom stereocenters. The third-order valence-corrected chi connectivity index (χ3v) is 2.80. The van der Waals surface area contributed by atoms with Crippen LogP contribution in [0.2, 0.25) is 0 Å². The lowest BCUT2D eigenvalue weighted by Gasteiger charge is -2.05. The lowest BCUT2D eigenvalue weighted by molar-refractivity contribution is 0.630. The van der Waals surface area contributed by atoms with E-state index in [0.29, 0.717) is 0 Å². The molecular formula is C17H29N. The summed E-state index contributed by atoms with van der Waals surface area (Å²) in [6.45, 7) is 14.0. The Kier molecular flexibility index (Phi) is 10.1. The zero-order chi connectivity index (χ0) is 13.8. The van der Waals surface area contributed by atoms with Crippen molar-refractivity contribution in [3.8, 4) is 0 Å². The van der Waals surface area contributed by atoms with Gasteiger partial charge in [0, 0.05) is 11.4 Å². The zero-order valence-electron chi connectivity index (χ0n) is 12.4. The van der Waals surface area contributed by atoms with E-state index in [1.54, 1.807) is 0 Å². The van der Waals surface area contributed by atoms with Crippen LogP contribution in [0.25, 0.3) is 0 Å². The summed E-state index contributed by atoms with van der Waals surface area (Å²) in [5.74, 6) is 0. The molecule has 1 N–H and O–H groups in total. The minimum Gasteiger partial charge on any atom is -0.360 e. The van der Waals surface area contributed by atoms with Gasteiger partial charge in [0.15, 0.2) is 0 Å². The quantitative estimate of drug-likeness (QED) is 0.398. The fourth-order valence-electron chi connectivity index (χ4n) is 1.73. The summed E-state index contributed by atoms with van der Waals surface area (Å²) >= 11 is 0. The second-order valence-electron chi connectivity index (χ2n) is 4.91. The van der Waals surface area contributed by atoms with Gasteiger partial charge in [0.2, 0.25) is 0 Å². The van der Waals surface area contributed by atoms with Gasteiger partial charge in [0.05, 0.1) is 0 Å². The van der Waals surface area contributed by atoms with Crippen LogP contribution < -0.4 is 5.32 Å². The van der Waals surface area contributed by atoms with E-state index in [1.165, 1.54) is 44.1 Å². The SMILES string of the molecule is C=C/C(=C\C=C(/C)CCCCCCC)NC(=C)C. The number of nitrogens with one attached hydrogen (secondary N) is 1. The van der Waals surface area contributed by atoms with Crippen molar-refractivity contribution in [3.63, 3.8) is 0 Å². The van der Waals surface area contributed by atoms with Gasteiger partial charge in [-0.3, -0.25) is 0 Å². The molecule has 0 fully saturated rings. The van der Waals surface area contributed by atoms with E-state index < -0.39 is 0 Å². The molecule has 0 aromatic heterocycles. The Morgan fingerprint density at radius 1 is 1.06 bits per heavy atom. The number of allylic oxidation sites excluding steroid dienone is 5. The van der Waals surface area contributed by atoms with Crippen LogP contribution in [-0.4, -0.2) is 0 Å². The molecule has 0 aliphatic rings. The van der Waals surface area contributed by atoms with Crippen LogP contribution in [0.4, 0.5) is 0 Å². The molecule has 0 radical (unpaired) electrons. The van der Waals surface area contributed by atoms with Crippen molar-refractivity contribution in [1.29, 1.82) is 0 Å². The van der Waals surface area contributed by atoms with E-state index in [-0.39, 0.29) is 0 Å². The van der Waals surface area contributed by atoms with Crippen molar-refractivity contribution in [2.45, 2.75) is 59.3 Å². The van der Waals surface area contributed by atoms with Gasteiger partial charge in [-0.2, -0.15) is 0 Å². The molecule has 0 aromatic carbocycles. The lowest BCUT2D eigenvalue weighted by Crippen LogP contribution is -2.06. The summed E-state index contributed by atoms with van der Waals surface area (Å²) in [6.07, 6.45) is 14.0. The van der Waals surface area contributed by atoms with Gasteiger partial charge in [-0.25, -0.2) is 0 Å². The summed E-state index contributed by atoms with van der Waals surface area (Å²) in [7, 11) is 0. The zero-order valence-corrected chi connectivity index (χ0v) is 12.4. The van der Waals surface area contributed by atoms with Crippen molar-refractivity contribution in [2.24, 2.45) is 0 Å². The van der Waals surface area contributed by atoms with E-state index in [4.69, 9.17) is 0 Å². The van der Waals surface area contributed by atoms with Crippen LogP contribution in [0.1, 0.15) is 59.3 Å². The van der Waals surface area contributed by atoms with E-state index in [1.807, 2.05) is 13.0 Å². The molecule has 0 saturated heterocycles. The molecule has 0 saturated carbocycles. The average Bonchev–Trinajstić information content (AvgIpc) is 2.33. The van der Waals surface area contributed by atoms with Gasteiger partial charge in [-0.1, -0.05) is 57.4 Å². The summed E-state index contributed by atoms with van der Waals surface area (Å²) < 4.78 is 0. The first kappa shape index (κ1) is 16.8. The highest BCUT2D eigenvalue weighted by molar-refractivity contribution is 5.25. The van der Waals surface area contributed by atoms with E-state index >= 15 is 0 Å². The first-order chi connectivity index (χ1) is 8.60. The number of hydrogen-bond donors (Lipinski definition) is 1. The normalized spacial score (nSPS) is 12.4. The predicted octanol–water partition coefficient (Wildman–Crippen LogP) is 5.49. The Morgan fingerprint density at radius 2 is 1.72 bits per heavy atom. The summed E-state index contributed by atoms with van der Waals surface area (Å²) in [4.78, 5) is 0. The molecule has 0 unspecified atom stereocenters. The maximum absolute atomic E-state index is 3.83.